The minimum absolute atomic E-state index is 0.444. The van der Waals surface area contributed by atoms with Gasteiger partial charge < -0.3 is 28.9 Å². The number of aromatic amines is 2. The van der Waals surface area contributed by atoms with Gasteiger partial charge in [-0.25, -0.2) is 29.9 Å². The SMILES string of the molecule is CCCCCCCCCCCOc1cc2c(cc1OCCCCCCCCCCC)-c1nc-2nc2[nH]c(nc3nc(nc4[nH]c(n1)c1c(-c5ccccc5)c(-c5ccccc5)c(-c5ccccc5)c(-c5ccccc5)c41)-c1c(-c4ccccc4)c(-c4ccccc4)c(-c4ccccc4)c(-c4ccccc4)c1-3)c1cc(OCCCCCCCCCCC)c(OCCCCCCCCCCC)cc21. The number of aromatic nitrogens is 8. The fourth-order valence-corrected chi connectivity index (χ4v) is 20.3. The van der Waals surface area contributed by atoms with E-state index in [0.29, 0.717) is 95.3 Å². The van der Waals surface area contributed by atoms with E-state index in [1.165, 1.54) is 180 Å². The topological polar surface area (TPSA) is 146 Å². The highest BCUT2D eigenvalue weighted by Gasteiger charge is 2.37. The normalized spacial score (nSPS) is 11.7. The lowest BCUT2D eigenvalue weighted by molar-refractivity contribution is 0.258. The lowest BCUT2D eigenvalue weighted by Crippen LogP contribution is -2.03. The largest absolute Gasteiger partial charge is 0.490 e. The summed E-state index contributed by atoms with van der Waals surface area (Å²) in [6.45, 7) is 11.3. The molecule has 0 unspecified atom stereocenters. The summed E-state index contributed by atoms with van der Waals surface area (Å²) in [6, 6.07) is 95.8. The number of fused-ring (bicyclic) bond motifs is 20. The average molecular weight is 1800 g/mol. The molecular weight excluding hydrogens is 1670 g/mol. The summed E-state index contributed by atoms with van der Waals surface area (Å²) in [5, 5.41) is 3.26. The monoisotopic (exact) mass is 1800 g/mol. The lowest BCUT2D eigenvalue weighted by atomic mass is 9.77. The van der Waals surface area contributed by atoms with Crippen LogP contribution in [-0.4, -0.2) is 66.3 Å². The zero-order chi connectivity index (χ0) is 92.7. The molecule has 0 atom stereocenters. The van der Waals surface area contributed by atoms with Crippen molar-refractivity contribution in [2.75, 3.05) is 26.4 Å². The van der Waals surface area contributed by atoms with Crippen molar-refractivity contribution in [1.82, 2.24) is 39.9 Å². The molecule has 2 aliphatic rings. The molecule has 8 bridgehead atoms. The van der Waals surface area contributed by atoms with E-state index in [1.807, 2.05) is 0 Å². The Morgan fingerprint density at radius 1 is 0.184 bits per heavy atom. The van der Waals surface area contributed by atoms with Gasteiger partial charge in [-0.1, -0.05) is 476 Å². The van der Waals surface area contributed by atoms with Crippen LogP contribution in [0, 0.1) is 0 Å². The maximum Gasteiger partial charge on any atom is 0.165 e. The van der Waals surface area contributed by atoms with Crippen LogP contribution >= 0.6 is 0 Å². The number of nitrogens with one attached hydrogen (secondary N) is 2. The van der Waals surface area contributed by atoms with E-state index >= 15 is 0 Å². The first kappa shape index (κ1) is 94.9. The minimum atomic E-state index is 0.444. The average Bonchev–Trinajstić information content (AvgIpc) is 1.50. The lowest BCUT2D eigenvalue weighted by Gasteiger charge is -2.25. The van der Waals surface area contributed by atoms with Gasteiger partial charge >= 0.3 is 0 Å². The Balaban J connectivity index is 0.999. The second kappa shape index (κ2) is 49.1. The first-order chi connectivity index (χ1) is 67.5. The summed E-state index contributed by atoms with van der Waals surface area (Å²) >= 11 is 0. The van der Waals surface area contributed by atoms with Crippen molar-refractivity contribution in [3.63, 3.8) is 0 Å². The summed E-state index contributed by atoms with van der Waals surface area (Å²) in [5.41, 5.74) is 21.4. The molecule has 12 aromatic carbocycles. The highest BCUT2D eigenvalue weighted by molar-refractivity contribution is 6.27. The quantitative estimate of drug-likeness (QED) is 0.0353. The molecule has 12 heteroatoms. The van der Waals surface area contributed by atoms with E-state index < -0.39 is 0 Å². The van der Waals surface area contributed by atoms with Crippen molar-refractivity contribution >= 4 is 44.1 Å². The Morgan fingerprint density at radius 3 is 0.640 bits per heavy atom. The molecule has 0 radical (unpaired) electrons. The van der Waals surface area contributed by atoms with Gasteiger partial charge in [-0.2, -0.15) is 0 Å². The number of hydrogen-bond donors (Lipinski definition) is 2. The van der Waals surface area contributed by atoms with E-state index in [1.54, 1.807) is 0 Å². The summed E-state index contributed by atoms with van der Waals surface area (Å²) in [6.07, 6.45) is 43.2. The summed E-state index contributed by atoms with van der Waals surface area (Å²) in [7, 11) is 0. The van der Waals surface area contributed by atoms with Gasteiger partial charge in [0, 0.05) is 66.1 Å². The zero-order valence-electron chi connectivity index (χ0n) is 81.0. The molecule has 3 aromatic heterocycles. The summed E-state index contributed by atoms with van der Waals surface area (Å²) in [5.74, 6) is 4.43. The van der Waals surface area contributed by atoms with E-state index in [4.69, 9.17) is 48.9 Å². The Hall–Kier alpha value is -12.8. The van der Waals surface area contributed by atoms with Crippen LogP contribution in [0.5, 0.6) is 23.0 Å². The second-order valence-electron chi connectivity index (χ2n) is 37.4. The minimum Gasteiger partial charge on any atom is -0.490 e. The summed E-state index contributed by atoms with van der Waals surface area (Å²) in [4.78, 5) is 44.9. The van der Waals surface area contributed by atoms with Crippen LogP contribution in [0.4, 0.5) is 0 Å². The predicted molar refractivity (Wildman–Crippen MR) is 570 cm³/mol. The van der Waals surface area contributed by atoms with Crippen molar-refractivity contribution in [2.45, 2.75) is 259 Å². The summed E-state index contributed by atoms with van der Waals surface area (Å²) < 4.78 is 28.8. The van der Waals surface area contributed by atoms with Crippen molar-refractivity contribution in [2.24, 2.45) is 0 Å². The van der Waals surface area contributed by atoms with Gasteiger partial charge in [0.05, 0.1) is 26.4 Å². The molecule has 698 valence electrons. The number of rotatable bonds is 52. The van der Waals surface area contributed by atoms with Gasteiger partial charge in [-0.3, -0.25) is 0 Å². The van der Waals surface area contributed by atoms with Crippen molar-refractivity contribution in [3.8, 4) is 158 Å². The zero-order valence-corrected chi connectivity index (χ0v) is 81.0. The third kappa shape index (κ3) is 23.1. The van der Waals surface area contributed by atoms with Crippen LogP contribution in [0.1, 0.15) is 259 Å². The van der Waals surface area contributed by atoms with Gasteiger partial charge in [-0.05, 0) is 117 Å². The Bertz CT molecular complexity index is 6530. The van der Waals surface area contributed by atoms with Crippen LogP contribution in [-0.2, 0) is 0 Å². The molecule has 0 amide bonds. The highest BCUT2D eigenvalue weighted by Crippen LogP contribution is 2.59. The third-order valence-corrected chi connectivity index (χ3v) is 27.4. The van der Waals surface area contributed by atoms with Gasteiger partial charge in [-0.15, -0.1) is 0 Å². The molecule has 15 aromatic rings. The molecule has 2 aliphatic heterocycles. The van der Waals surface area contributed by atoms with Crippen LogP contribution < -0.4 is 18.9 Å². The number of ether oxygens (including phenoxy) is 4. The smallest absolute Gasteiger partial charge is 0.165 e. The van der Waals surface area contributed by atoms with E-state index in [9.17, 15) is 0 Å². The van der Waals surface area contributed by atoms with Gasteiger partial charge in [0.2, 0.25) is 0 Å². The fourth-order valence-electron chi connectivity index (χ4n) is 20.3. The maximum absolute atomic E-state index is 7.20. The Labute approximate surface area is 807 Å². The van der Waals surface area contributed by atoms with E-state index in [2.05, 4.69) is 305 Å². The van der Waals surface area contributed by atoms with Crippen LogP contribution in [0.2, 0.25) is 0 Å². The van der Waals surface area contributed by atoms with E-state index in [-0.39, 0.29) is 0 Å². The number of H-pyrrole nitrogens is 2. The molecule has 17 rings (SSSR count). The molecule has 12 nitrogen and oxygen atoms in total. The highest BCUT2D eigenvalue weighted by atomic mass is 16.5. The molecule has 5 heterocycles. The maximum atomic E-state index is 7.20. The van der Waals surface area contributed by atoms with Crippen LogP contribution in [0.25, 0.3) is 179 Å². The number of unbranched alkanes of at least 4 members (excludes halogenated alkanes) is 32. The standard InChI is InChI=1S/C124H138N8O4/c1-5-9-13-17-21-25-29-33-61-81-133-101-85-97-99(87-103(101)135-83-63-35-31-27-23-19-15-11-7-3)119-126-117(97)125-118-98-86-102(134-82-62-34-30-26-22-18-14-10-6-2)104(136-84-64-36-32-28-24-20-16-12-8-4)88-100(98)120(127-118)129-122-114-110(94-75-55-42-56-76-94)106(90-67-47-38-48-68-90)108(92-71-51-40-52-72-92)112(96-79-59-44-60-80-96)116(114)124(131-122)132-123-115-111(95-77-57-43-58-78-95)107(91-69-49-39-50-70-91)105(89-65-45-37-46-66-89)109(93-73-53-41-54-74-93)113(115)121(128-119)130-123/h37-60,65-80,85-88H,5-36,61-64,81-84H2,1-4H3,(H2,125,126,127,128,129,130,131,132). The second-order valence-corrected chi connectivity index (χ2v) is 37.4. The number of nitrogens with zero attached hydrogens (tertiary/aromatic N) is 6. The fraction of sp³-hybridized carbons (Fsp3) is 0.355. The molecule has 0 spiro atoms. The molecule has 0 aliphatic carbocycles. The number of benzene rings is 12. The first-order valence-corrected chi connectivity index (χ1v) is 52.1. The van der Waals surface area contributed by atoms with Crippen molar-refractivity contribution in [3.05, 3.63) is 267 Å². The number of hydrogen-bond acceptors (Lipinski definition) is 10. The van der Waals surface area contributed by atoms with Crippen molar-refractivity contribution < 1.29 is 18.9 Å². The molecular formula is C124H138N8O4. The molecule has 0 saturated carbocycles. The molecule has 136 heavy (non-hydrogen) atoms. The third-order valence-electron chi connectivity index (χ3n) is 27.4. The predicted octanol–water partition coefficient (Wildman–Crippen LogP) is 35.8. The first-order valence-electron chi connectivity index (χ1n) is 52.1. The molecule has 0 saturated heterocycles. The van der Waals surface area contributed by atoms with Gasteiger partial charge in [0.25, 0.3) is 0 Å². The van der Waals surface area contributed by atoms with Gasteiger partial charge in [0.1, 0.15) is 22.6 Å². The van der Waals surface area contributed by atoms with Gasteiger partial charge in [0.15, 0.2) is 46.3 Å². The van der Waals surface area contributed by atoms with Crippen LogP contribution in [0.15, 0.2) is 267 Å². The van der Waals surface area contributed by atoms with Crippen LogP contribution in [0.3, 0.4) is 0 Å². The Morgan fingerprint density at radius 2 is 0.375 bits per heavy atom. The molecule has 0 fully saturated rings. The van der Waals surface area contributed by atoms with E-state index in [0.717, 1.165) is 184 Å². The Kier molecular flexibility index (Phi) is 34.3. The van der Waals surface area contributed by atoms with Crippen molar-refractivity contribution in [1.29, 1.82) is 0 Å². The molecule has 2 N–H and O–H groups in total.